The third-order valence-electron chi connectivity index (χ3n) is 16.1. The maximum absolute atomic E-state index is 10.3. The van der Waals surface area contributed by atoms with Gasteiger partial charge < -0.3 is 4.74 Å². The van der Waals surface area contributed by atoms with Gasteiger partial charge in [0, 0.05) is 23.0 Å². The lowest BCUT2D eigenvalue weighted by molar-refractivity contribution is -0.571. The lowest BCUT2D eigenvalue weighted by Gasteiger charge is -2.20. The average Bonchev–Trinajstić information content (AvgIpc) is 1.73. The summed E-state index contributed by atoms with van der Waals surface area (Å²) >= 11 is 0. The Kier molecular flexibility index (Phi) is 11.8. The van der Waals surface area contributed by atoms with E-state index in [9.17, 15) is 8.22 Å². The minimum absolute atomic E-state index is 0.0256. The zero-order chi connectivity index (χ0) is 63.6. The average molecular weight is 1120 g/mol. The van der Waals surface area contributed by atoms with Crippen LogP contribution >= 0.6 is 0 Å². The predicted octanol–water partition coefficient (Wildman–Crippen LogP) is 21.0. The van der Waals surface area contributed by atoms with Crippen molar-refractivity contribution in [2.45, 2.75) is 26.2 Å². The number of hydrogen-bond donors (Lipinski definition) is 0. The standard InChI is InChI=1S/C82H60N4O/c1-82(2,3)68-43-44-83-80(52-68)86-76-42-39-61(56-23-9-4-10-24-56)51-75(76)74-41-40-71(54-79(74)86)87-70-34-21-33-69(53-70)84-55-85(78-38-20-19-37-77(78)84)81-72(66-47-62(57-25-11-5-12-26-57)45-63(48-66)58-27-13-6-14-28-58)35-22-36-73(81)67-49-64(59-29-15-7-16-30-59)46-65(50-67)60-31-17-8-18-32-60/h4-54H,1-3H3/i45D,46D,47D,48D,49D,50D. The molecule has 87 heavy (non-hydrogen) atoms. The molecule has 0 saturated heterocycles. The van der Waals surface area contributed by atoms with Crippen LogP contribution in [-0.2, 0) is 5.41 Å². The molecule has 0 radical (unpaired) electrons. The molecule has 5 nitrogen and oxygen atoms in total. The second-order valence-corrected chi connectivity index (χ2v) is 22.8. The van der Waals surface area contributed by atoms with E-state index in [1.165, 1.54) is 5.56 Å². The Labute approximate surface area is 516 Å². The van der Waals surface area contributed by atoms with Crippen LogP contribution in [-0.4, -0.2) is 14.1 Å². The summed E-state index contributed by atoms with van der Waals surface area (Å²) in [5.41, 5.74) is 13.3. The van der Waals surface area contributed by atoms with Crippen molar-refractivity contribution in [3.05, 3.63) is 321 Å². The Balaban J connectivity index is 0.949. The number of hydrogen-bond acceptors (Lipinski definition) is 2. The molecule has 3 heterocycles. The van der Waals surface area contributed by atoms with E-state index in [1.807, 2.05) is 216 Å². The molecule has 15 aromatic rings. The van der Waals surface area contributed by atoms with Crippen molar-refractivity contribution >= 4 is 32.8 Å². The summed E-state index contributed by atoms with van der Waals surface area (Å²) in [6.45, 7) is 6.63. The van der Waals surface area contributed by atoms with Crippen LogP contribution in [0, 0.1) is 6.33 Å². The normalized spacial score (nSPS) is 12.6. The zero-order valence-electron chi connectivity index (χ0n) is 54.2. The van der Waals surface area contributed by atoms with E-state index >= 15 is 0 Å². The van der Waals surface area contributed by atoms with Crippen LogP contribution in [0.1, 0.15) is 34.6 Å². The van der Waals surface area contributed by atoms with Crippen molar-refractivity contribution in [3.8, 4) is 107 Å². The molecule has 0 atom stereocenters. The number of nitrogens with zero attached hydrogens (tertiary/aromatic N) is 4. The summed E-state index contributed by atoms with van der Waals surface area (Å²) in [5.74, 6) is 1.99. The number of aromatic nitrogens is 4. The fourth-order valence-electron chi connectivity index (χ4n) is 11.8. The number of ether oxygens (including phenoxy) is 1. The predicted molar refractivity (Wildman–Crippen MR) is 359 cm³/mol. The Morgan fingerprint density at radius 3 is 1.44 bits per heavy atom. The second-order valence-electron chi connectivity index (χ2n) is 22.8. The van der Waals surface area contributed by atoms with Gasteiger partial charge in [-0.2, -0.15) is 0 Å². The number of pyridine rings is 1. The number of fused-ring (bicyclic) bond motifs is 4. The first kappa shape index (κ1) is 46.3. The summed E-state index contributed by atoms with van der Waals surface area (Å²) in [5, 5.41) is 2.15. The van der Waals surface area contributed by atoms with Crippen LogP contribution in [0.25, 0.3) is 128 Å². The van der Waals surface area contributed by atoms with Gasteiger partial charge in [-0.25, -0.2) is 4.98 Å². The molecule has 3 aromatic heterocycles. The molecule has 5 heteroatoms. The Morgan fingerprint density at radius 2 is 0.885 bits per heavy atom. The summed E-state index contributed by atoms with van der Waals surface area (Å²) in [6.07, 6.45) is 5.65. The largest absolute Gasteiger partial charge is 0.458 e. The maximum Gasteiger partial charge on any atom is 0.269 e. The van der Waals surface area contributed by atoms with Crippen molar-refractivity contribution in [2.24, 2.45) is 0 Å². The number of imidazole rings is 1. The molecule has 12 aromatic carbocycles. The molecule has 0 fully saturated rings. The molecule has 0 aliphatic carbocycles. The van der Waals surface area contributed by atoms with Gasteiger partial charge in [0.15, 0.2) is 0 Å². The first-order valence-electron chi connectivity index (χ1n) is 32.3. The molecule has 0 N–H and O–H groups in total. The van der Waals surface area contributed by atoms with Crippen molar-refractivity contribution in [2.75, 3.05) is 0 Å². The molecule has 0 bridgehead atoms. The number of benzene rings is 12. The SMILES string of the molecule is [2H]c1c(-c2ccccc2)c([2H])c(-c2cccc(-c3c([2H])c(-c4ccccc4)c([2H])c(-c4ccccc4)c3[2H])c2-[n+]2[c-]n(-c3cccc(Oc4ccc5c6cc(-c7ccccc7)ccc6n(-c6cc(C(C)(C)C)ccn6)c5c4)c3)c3ccccc32)c([2H])c1-c1ccccc1. The van der Waals surface area contributed by atoms with E-state index in [2.05, 4.69) is 98.4 Å². The van der Waals surface area contributed by atoms with E-state index in [-0.39, 0.29) is 52.8 Å². The molecule has 0 amide bonds. The molecule has 0 saturated carbocycles. The Morgan fingerprint density at radius 1 is 0.391 bits per heavy atom. The van der Waals surface area contributed by atoms with Crippen molar-refractivity contribution in [1.82, 2.24) is 14.1 Å². The van der Waals surface area contributed by atoms with Gasteiger partial charge in [0.25, 0.3) is 6.33 Å². The monoisotopic (exact) mass is 1120 g/mol. The highest BCUT2D eigenvalue weighted by Crippen LogP contribution is 2.43. The third-order valence-corrected chi connectivity index (χ3v) is 16.1. The smallest absolute Gasteiger partial charge is 0.269 e. The topological polar surface area (TPSA) is 35.9 Å². The molecule has 0 unspecified atom stereocenters. The van der Waals surface area contributed by atoms with Gasteiger partial charge in [-0.3, -0.25) is 13.7 Å². The van der Waals surface area contributed by atoms with Gasteiger partial charge in [-0.05, 0) is 180 Å². The van der Waals surface area contributed by atoms with Gasteiger partial charge >= 0.3 is 0 Å². The molecule has 15 rings (SSSR count). The Hall–Kier alpha value is -11.1. The minimum Gasteiger partial charge on any atom is -0.458 e. The van der Waals surface area contributed by atoms with E-state index < -0.39 is 0 Å². The molecule has 414 valence electrons. The van der Waals surface area contributed by atoms with Crippen LogP contribution in [0.4, 0.5) is 0 Å². The highest BCUT2D eigenvalue weighted by atomic mass is 16.5. The van der Waals surface area contributed by atoms with Crippen molar-refractivity contribution < 1.29 is 17.5 Å². The van der Waals surface area contributed by atoms with Gasteiger partial charge in [-0.15, -0.1) is 0 Å². The molecule has 0 aliphatic rings. The summed E-state index contributed by atoms with van der Waals surface area (Å²) in [4.78, 5) is 4.98. The van der Waals surface area contributed by atoms with Gasteiger partial charge in [0.2, 0.25) is 0 Å². The molecule has 0 spiro atoms. The molecular weight excluding hydrogens is 1060 g/mol. The zero-order valence-corrected chi connectivity index (χ0v) is 48.2. The molecule has 0 aliphatic heterocycles. The second kappa shape index (κ2) is 22.1. The van der Waals surface area contributed by atoms with Crippen LogP contribution < -0.4 is 9.30 Å². The summed E-state index contributed by atoms with van der Waals surface area (Å²) < 4.78 is 74.1. The fraction of sp³-hybridized carbons (Fsp3) is 0.0488. The van der Waals surface area contributed by atoms with Crippen LogP contribution in [0.2, 0.25) is 0 Å². The summed E-state index contributed by atoms with van der Waals surface area (Å²) in [7, 11) is 0. The third kappa shape index (κ3) is 10.2. The highest BCUT2D eigenvalue weighted by Gasteiger charge is 2.24. The fourth-order valence-corrected chi connectivity index (χ4v) is 11.8. The van der Waals surface area contributed by atoms with E-state index in [0.29, 0.717) is 84.0 Å². The van der Waals surface area contributed by atoms with Crippen LogP contribution in [0.5, 0.6) is 11.5 Å². The van der Waals surface area contributed by atoms with E-state index in [1.54, 1.807) is 0 Å². The lowest BCUT2D eigenvalue weighted by atomic mass is 9.88. The van der Waals surface area contributed by atoms with Crippen molar-refractivity contribution in [1.29, 1.82) is 0 Å². The Bertz CT molecular complexity index is 5100. The highest BCUT2D eigenvalue weighted by molar-refractivity contribution is 6.11. The lowest BCUT2D eigenvalue weighted by Crippen LogP contribution is -2.31. The van der Waals surface area contributed by atoms with E-state index in [0.717, 1.165) is 44.3 Å². The maximum atomic E-state index is 10.3. The van der Waals surface area contributed by atoms with Crippen LogP contribution in [0.3, 0.4) is 0 Å². The first-order chi connectivity index (χ1) is 45.3. The quantitative estimate of drug-likeness (QED) is 0.0903. The van der Waals surface area contributed by atoms with Crippen molar-refractivity contribution in [3.63, 3.8) is 0 Å². The first-order valence-corrected chi connectivity index (χ1v) is 29.3. The molecular formula is C82H60N4O. The van der Waals surface area contributed by atoms with Gasteiger partial charge in [0.1, 0.15) is 17.3 Å². The summed E-state index contributed by atoms with van der Waals surface area (Å²) in [6, 6.07) is 86.8. The minimum atomic E-state index is -0.111. The number of rotatable bonds is 12. The van der Waals surface area contributed by atoms with Crippen LogP contribution in [0.15, 0.2) is 309 Å². The van der Waals surface area contributed by atoms with E-state index in [4.69, 9.17) is 9.72 Å². The van der Waals surface area contributed by atoms with Gasteiger partial charge in [0.05, 0.1) is 41.7 Å². The number of para-hydroxylation sites is 3. The van der Waals surface area contributed by atoms with Gasteiger partial charge in [-0.1, -0.05) is 227 Å².